The maximum Gasteiger partial charge on any atom is 0.249 e. The molecule has 2 aromatic rings. The molecule has 1 saturated carbocycles. The van der Waals surface area contributed by atoms with E-state index in [1.54, 1.807) is 4.57 Å². The molecule has 0 saturated heterocycles. The van der Waals surface area contributed by atoms with E-state index in [4.69, 9.17) is 0 Å². The van der Waals surface area contributed by atoms with Crippen molar-refractivity contribution in [1.29, 1.82) is 0 Å². The van der Waals surface area contributed by atoms with Crippen LogP contribution in [0, 0.1) is 5.92 Å². The molecule has 1 aromatic carbocycles. The number of carbonyl (C=O) groups is 2. The highest BCUT2D eigenvalue weighted by molar-refractivity contribution is 5.96. The molecule has 0 spiro atoms. The third-order valence-corrected chi connectivity index (χ3v) is 4.58. The monoisotopic (exact) mass is 308 g/mol. The molecule has 3 rings (SSSR count). The summed E-state index contributed by atoms with van der Waals surface area (Å²) in [5.74, 6) is 0.329. The van der Waals surface area contributed by atoms with Crippen molar-refractivity contribution < 1.29 is 14.2 Å². The van der Waals surface area contributed by atoms with Crippen LogP contribution in [-0.2, 0) is 6.54 Å². The number of carbonyl (C=O) groups excluding carboxylic acids is 2. The van der Waals surface area contributed by atoms with E-state index in [1.165, 1.54) is 6.42 Å². The normalized spacial score (nSPS) is 15.3. The van der Waals surface area contributed by atoms with Crippen LogP contribution in [0.15, 0.2) is 54.7 Å². The average Bonchev–Trinajstić information content (AvgIpc) is 2.63. The average molecular weight is 308 g/mol. The lowest BCUT2D eigenvalue weighted by molar-refractivity contribution is -0.685. The number of aromatic nitrogens is 1. The van der Waals surface area contributed by atoms with Crippen LogP contribution in [0.25, 0.3) is 0 Å². The molecule has 0 amide bonds. The molecule has 0 unspecified atom stereocenters. The summed E-state index contributed by atoms with van der Waals surface area (Å²) in [4.78, 5) is 25.2. The molecule has 0 N–H and O–H groups in total. The first kappa shape index (κ1) is 15.6. The van der Waals surface area contributed by atoms with Gasteiger partial charge in [0.1, 0.15) is 0 Å². The van der Waals surface area contributed by atoms with Crippen LogP contribution in [0.2, 0.25) is 0 Å². The lowest BCUT2D eigenvalue weighted by Gasteiger charge is -2.19. The molecule has 0 bridgehead atoms. The predicted octanol–water partition coefficient (Wildman–Crippen LogP) is 3.62. The number of ketones is 2. The molecule has 1 heterocycles. The van der Waals surface area contributed by atoms with Crippen molar-refractivity contribution in [3.8, 4) is 0 Å². The fraction of sp³-hybridized carbons (Fsp3) is 0.350. The van der Waals surface area contributed by atoms with Gasteiger partial charge in [0.2, 0.25) is 23.8 Å². The topological polar surface area (TPSA) is 38.0 Å². The van der Waals surface area contributed by atoms with Gasteiger partial charge >= 0.3 is 0 Å². The molecule has 0 aliphatic heterocycles. The quantitative estimate of drug-likeness (QED) is 0.625. The molecule has 23 heavy (non-hydrogen) atoms. The van der Waals surface area contributed by atoms with Gasteiger partial charge in [0.25, 0.3) is 0 Å². The number of Topliss-reactive ketones (excluding diaryl/α,β-unsaturated/α-hetero) is 2. The first-order valence-corrected chi connectivity index (χ1v) is 8.36. The van der Waals surface area contributed by atoms with E-state index < -0.39 is 0 Å². The number of nitrogens with zero attached hydrogens (tertiary/aromatic N) is 1. The van der Waals surface area contributed by atoms with Gasteiger partial charge in [-0.05, 0) is 18.9 Å². The van der Waals surface area contributed by atoms with Gasteiger partial charge in [-0.1, -0.05) is 49.6 Å². The summed E-state index contributed by atoms with van der Waals surface area (Å²) in [7, 11) is 0. The SMILES string of the molecule is O=C(C[n+]1ccccc1C(=O)C1CCCCC1)c1ccccc1. The van der Waals surface area contributed by atoms with Crippen LogP contribution in [0.4, 0.5) is 0 Å². The Morgan fingerprint density at radius 1 is 0.913 bits per heavy atom. The van der Waals surface area contributed by atoms with Crippen LogP contribution in [-0.4, -0.2) is 11.6 Å². The van der Waals surface area contributed by atoms with E-state index in [1.807, 2.05) is 54.7 Å². The van der Waals surface area contributed by atoms with Gasteiger partial charge in [-0.3, -0.25) is 9.59 Å². The lowest BCUT2D eigenvalue weighted by Crippen LogP contribution is -2.44. The van der Waals surface area contributed by atoms with Crippen molar-refractivity contribution in [2.24, 2.45) is 5.92 Å². The smallest absolute Gasteiger partial charge is 0.249 e. The van der Waals surface area contributed by atoms with Gasteiger partial charge in [0.15, 0.2) is 6.20 Å². The Kier molecular flexibility index (Phi) is 4.96. The molecular weight excluding hydrogens is 286 g/mol. The van der Waals surface area contributed by atoms with E-state index in [9.17, 15) is 9.59 Å². The number of rotatable bonds is 5. The molecule has 1 fully saturated rings. The Labute approximate surface area is 137 Å². The van der Waals surface area contributed by atoms with Gasteiger partial charge < -0.3 is 0 Å². The minimum Gasteiger partial charge on any atom is -0.287 e. The van der Waals surface area contributed by atoms with Gasteiger partial charge in [-0.15, -0.1) is 0 Å². The van der Waals surface area contributed by atoms with Crippen molar-refractivity contribution in [3.05, 3.63) is 66.0 Å². The number of hydrogen-bond donors (Lipinski definition) is 0. The molecular formula is C20H22NO2+. The number of pyridine rings is 1. The summed E-state index contributed by atoms with van der Waals surface area (Å²) in [6, 6.07) is 14.8. The Balaban J connectivity index is 1.80. The molecule has 0 radical (unpaired) electrons. The molecule has 1 aliphatic rings. The zero-order chi connectivity index (χ0) is 16.1. The van der Waals surface area contributed by atoms with Crippen molar-refractivity contribution in [2.75, 3.05) is 0 Å². The van der Waals surface area contributed by atoms with Crippen LogP contribution in [0.3, 0.4) is 0 Å². The maximum atomic E-state index is 12.8. The summed E-state index contributed by atoms with van der Waals surface area (Å²) in [5, 5.41) is 0. The van der Waals surface area contributed by atoms with Crippen LogP contribution in [0.5, 0.6) is 0 Å². The van der Waals surface area contributed by atoms with Crippen LogP contribution < -0.4 is 4.57 Å². The minimum atomic E-state index is 0.0273. The molecule has 118 valence electrons. The predicted molar refractivity (Wildman–Crippen MR) is 88.3 cm³/mol. The first-order chi connectivity index (χ1) is 11.3. The lowest BCUT2D eigenvalue weighted by atomic mass is 9.85. The molecule has 1 aliphatic carbocycles. The van der Waals surface area contributed by atoms with Gasteiger partial charge in [0.05, 0.1) is 0 Å². The number of hydrogen-bond acceptors (Lipinski definition) is 2. The molecule has 1 aromatic heterocycles. The second-order valence-corrected chi connectivity index (χ2v) is 6.20. The van der Waals surface area contributed by atoms with Crippen molar-refractivity contribution in [3.63, 3.8) is 0 Å². The highest BCUT2D eigenvalue weighted by Gasteiger charge is 2.29. The maximum absolute atomic E-state index is 12.8. The summed E-state index contributed by atoms with van der Waals surface area (Å²) in [6.45, 7) is 0.207. The summed E-state index contributed by atoms with van der Waals surface area (Å²) >= 11 is 0. The van der Waals surface area contributed by atoms with Crippen LogP contribution >= 0.6 is 0 Å². The highest BCUT2D eigenvalue weighted by atomic mass is 16.1. The third-order valence-electron chi connectivity index (χ3n) is 4.58. The second kappa shape index (κ2) is 7.32. The zero-order valence-corrected chi connectivity index (χ0v) is 13.3. The Bertz CT molecular complexity index is 688. The largest absolute Gasteiger partial charge is 0.287 e. The molecule has 3 heteroatoms. The van der Waals surface area contributed by atoms with E-state index in [0.29, 0.717) is 11.3 Å². The summed E-state index contributed by atoms with van der Waals surface area (Å²) in [5.41, 5.74) is 1.34. The van der Waals surface area contributed by atoms with E-state index >= 15 is 0 Å². The van der Waals surface area contributed by atoms with Crippen molar-refractivity contribution in [1.82, 2.24) is 0 Å². The second-order valence-electron chi connectivity index (χ2n) is 6.20. The van der Waals surface area contributed by atoms with E-state index in [-0.39, 0.29) is 24.0 Å². The third kappa shape index (κ3) is 3.73. The molecule has 3 nitrogen and oxygen atoms in total. The van der Waals surface area contributed by atoms with E-state index in [0.717, 1.165) is 25.7 Å². The number of benzene rings is 1. The zero-order valence-electron chi connectivity index (χ0n) is 13.3. The van der Waals surface area contributed by atoms with Crippen molar-refractivity contribution in [2.45, 2.75) is 38.6 Å². The Morgan fingerprint density at radius 2 is 1.61 bits per heavy atom. The van der Waals surface area contributed by atoms with Gasteiger partial charge in [-0.2, -0.15) is 4.57 Å². The summed E-state index contributed by atoms with van der Waals surface area (Å²) < 4.78 is 1.80. The fourth-order valence-electron chi connectivity index (χ4n) is 3.28. The van der Waals surface area contributed by atoms with Gasteiger partial charge in [0, 0.05) is 23.6 Å². The fourth-order valence-corrected chi connectivity index (χ4v) is 3.28. The van der Waals surface area contributed by atoms with Crippen molar-refractivity contribution >= 4 is 11.6 Å². The highest BCUT2D eigenvalue weighted by Crippen LogP contribution is 2.26. The van der Waals surface area contributed by atoms with Crippen LogP contribution in [0.1, 0.15) is 53.0 Å². The molecule has 0 atom stereocenters. The van der Waals surface area contributed by atoms with Gasteiger partial charge in [-0.25, -0.2) is 0 Å². The first-order valence-electron chi connectivity index (χ1n) is 8.36. The Hall–Kier alpha value is -2.29. The minimum absolute atomic E-state index is 0.0273. The summed E-state index contributed by atoms with van der Waals surface area (Å²) in [6.07, 6.45) is 7.26. The Morgan fingerprint density at radius 3 is 2.35 bits per heavy atom. The standard InChI is InChI=1S/C20H22NO2/c22-19(16-9-3-1-4-10-16)15-21-14-8-7-13-18(21)20(23)17-11-5-2-6-12-17/h1,3-4,7-10,13-14,17H,2,5-6,11-12,15H2/q+1. The van der Waals surface area contributed by atoms with E-state index in [2.05, 4.69) is 0 Å².